The van der Waals surface area contributed by atoms with Crippen molar-refractivity contribution in [3.8, 4) is 5.75 Å². The third-order valence-corrected chi connectivity index (χ3v) is 5.24. The summed E-state index contributed by atoms with van der Waals surface area (Å²) in [4.78, 5) is 0. The molecule has 3 atom stereocenters. The van der Waals surface area contributed by atoms with Crippen molar-refractivity contribution in [2.24, 2.45) is 11.8 Å². The highest BCUT2D eigenvalue weighted by atomic mass is 19.1. The number of phenolic OH excluding ortho intramolecular Hbond substituents is 1. The van der Waals surface area contributed by atoms with Crippen molar-refractivity contribution in [2.45, 2.75) is 59.6 Å². The second-order valence-electron chi connectivity index (χ2n) is 7.39. The van der Waals surface area contributed by atoms with Gasteiger partial charge in [-0.2, -0.15) is 0 Å². The minimum Gasteiger partial charge on any atom is -0.508 e. The summed E-state index contributed by atoms with van der Waals surface area (Å²) in [5.74, 6) is 0.362. The van der Waals surface area contributed by atoms with Gasteiger partial charge in [0.2, 0.25) is 0 Å². The smallest absolute Gasteiger partial charge is 0.123 e. The van der Waals surface area contributed by atoms with Gasteiger partial charge in [-0.3, -0.25) is 0 Å². The van der Waals surface area contributed by atoms with Gasteiger partial charge in [-0.05, 0) is 55.0 Å². The maximum Gasteiger partial charge on any atom is 0.123 e. The van der Waals surface area contributed by atoms with Crippen LogP contribution in [0.1, 0.15) is 59.1 Å². The molecular weight excluding hydrogens is 353 g/mol. The molecule has 3 rings (SSSR count). The average molecular weight is 388 g/mol. The summed E-state index contributed by atoms with van der Waals surface area (Å²) < 4.78 is 19.9. The van der Waals surface area contributed by atoms with Gasteiger partial charge < -0.3 is 15.2 Å². The van der Waals surface area contributed by atoms with E-state index in [1.54, 1.807) is 0 Å². The number of halogens is 1. The van der Waals surface area contributed by atoms with Crippen LogP contribution < -0.4 is 5.32 Å². The molecule has 0 aliphatic carbocycles. The van der Waals surface area contributed by atoms with Gasteiger partial charge in [0.1, 0.15) is 11.6 Å². The summed E-state index contributed by atoms with van der Waals surface area (Å²) in [5.41, 5.74) is 2.96. The lowest BCUT2D eigenvalue weighted by Crippen LogP contribution is -2.43. The van der Waals surface area contributed by atoms with Crippen LogP contribution in [0.4, 0.5) is 4.39 Å². The minimum absolute atomic E-state index is 0.0447. The number of aromatic hydroxyl groups is 1. The molecule has 0 aromatic heterocycles. The van der Waals surface area contributed by atoms with Crippen LogP contribution in [0.3, 0.4) is 0 Å². The topological polar surface area (TPSA) is 41.5 Å². The van der Waals surface area contributed by atoms with Crippen molar-refractivity contribution in [2.75, 3.05) is 6.61 Å². The third-order valence-electron chi connectivity index (χ3n) is 5.24. The number of fused-ring (bicyclic) bond motifs is 1. The van der Waals surface area contributed by atoms with E-state index in [0.29, 0.717) is 11.5 Å². The molecule has 0 amide bonds. The van der Waals surface area contributed by atoms with Crippen LogP contribution in [0.15, 0.2) is 53.8 Å². The van der Waals surface area contributed by atoms with Crippen molar-refractivity contribution in [1.29, 1.82) is 0 Å². The number of nitrogens with one attached hydrogen (secondary N) is 1. The summed E-state index contributed by atoms with van der Waals surface area (Å²) in [5, 5.41) is 13.6. The van der Waals surface area contributed by atoms with Gasteiger partial charge in [-0.25, -0.2) is 4.39 Å². The monoisotopic (exact) mass is 387 g/mol. The van der Waals surface area contributed by atoms with Crippen LogP contribution in [0.2, 0.25) is 0 Å². The van der Waals surface area contributed by atoms with E-state index in [4.69, 9.17) is 4.74 Å². The molecule has 2 aliphatic heterocycles. The fourth-order valence-corrected chi connectivity index (χ4v) is 3.89. The Kier molecular flexibility index (Phi) is 8.31. The highest BCUT2D eigenvalue weighted by Gasteiger charge is 2.39. The number of phenols is 1. The normalized spacial score (nSPS) is 24.9. The Labute approximate surface area is 169 Å². The summed E-state index contributed by atoms with van der Waals surface area (Å²) in [6, 6.07) is 3.98. The maximum absolute atomic E-state index is 13.7. The molecule has 1 unspecified atom stereocenters. The van der Waals surface area contributed by atoms with Crippen LogP contribution in [0, 0.1) is 17.7 Å². The van der Waals surface area contributed by atoms with E-state index < -0.39 is 0 Å². The van der Waals surface area contributed by atoms with Crippen LogP contribution in [-0.4, -0.2) is 17.8 Å². The van der Waals surface area contributed by atoms with Crippen LogP contribution >= 0.6 is 0 Å². The minimum atomic E-state index is -0.335. The van der Waals surface area contributed by atoms with Crippen molar-refractivity contribution < 1.29 is 14.2 Å². The molecule has 2 heterocycles. The molecule has 154 valence electrons. The zero-order chi connectivity index (χ0) is 20.7. The number of benzene rings is 1. The van der Waals surface area contributed by atoms with E-state index in [-0.39, 0.29) is 29.6 Å². The SMILES string of the molecule is C/C=C\C(=C/C1=CN[C@@H](c2cc(F)ccc2O)[C@@H]2CCCOC12)C(C)C.CC. The Balaban J connectivity index is 0.00000136. The van der Waals surface area contributed by atoms with Crippen molar-refractivity contribution in [3.05, 3.63) is 65.2 Å². The molecule has 28 heavy (non-hydrogen) atoms. The first-order valence-corrected chi connectivity index (χ1v) is 10.4. The van der Waals surface area contributed by atoms with Gasteiger partial charge in [0.15, 0.2) is 0 Å². The standard InChI is InChI=1S/C22H28FNO2.C2H6/c1-4-6-15(14(2)3)11-16-13-24-21(18-7-5-10-26-22(16)18)19-12-17(23)8-9-20(19)25;1-2/h4,6,8-9,11-14,18,21-22,24-25H,5,7,10H2,1-3H3;1-2H3/b6-4-,15-11+;/t18-,21+,22?;/m0./s1. The number of hydrogen-bond donors (Lipinski definition) is 2. The van der Waals surface area contributed by atoms with Gasteiger partial charge >= 0.3 is 0 Å². The molecule has 1 aromatic carbocycles. The first-order valence-electron chi connectivity index (χ1n) is 10.4. The van der Waals surface area contributed by atoms with E-state index in [1.807, 2.05) is 27.0 Å². The Morgan fingerprint density at radius 3 is 2.75 bits per heavy atom. The third kappa shape index (κ3) is 5.05. The molecule has 0 spiro atoms. The van der Waals surface area contributed by atoms with E-state index in [0.717, 1.165) is 25.0 Å². The number of allylic oxidation sites excluding steroid dienone is 3. The molecule has 4 heteroatoms. The predicted octanol–water partition coefficient (Wildman–Crippen LogP) is 6.04. The Morgan fingerprint density at radius 2 is 2.07 bits per heavy atom. The molecule has 0 radical (unpaired) electrons. The molecular formula is C24H34FNO2. The molecule has 3 nitrogen and oxygen atoms in total. The molecule has 1 saturated heterocycles. The molecule has 1 fully saturated rings. The predicted molar refractivity (Wildman–Crippen MR) is 114 cm³/mol. The quantitative estimate of drug-likeness (QED) is 0.619. The average Bonchev–Trinajstić information content (AvgIpc) is 2.71. The number of ether oxygens (including phenoxy) is 1. The number of hydrogen-bond acceptors (Lipinski definition) is 3. The van der Waals surface area contributed by atoms with Gasteiger partial charge in [-0.1, -0.05) is 45.9 Å². The largest absolute Gasteiger partial charge is 0.508 e. The summed E-state index contributed by atoms with van der Waals surface area (Å²) in [6.45, 7) is 11.1. The van der Waals surface area contributed by atoms with Gasteiger partial charge in [-0.15, -0.1) is 0 Å². The highest BCUT2D eigenvalue weighted by molar-refractivity contribution is 5.41. The lowest BCUT2D eigenvalue weighted by atomic mass is 9.78. The molecule has 0 bridgehead atoms. The van der Waals surface area contributed by atoms with Crippen LogP contribution in [0.5, 0.6) is 5.75 Å². The van der Waals surface area contributed by atoms with Crippen molar-refractivity contribution >= 4 is 0 Å². The van der Waals surface area contributed by atoms with Gasteiger partial charge in [0.25, 0.3) is 0 Å². The second-order valence-corrected chi connectivity index (χ2v) is 7.39. The van der Waals surface area contributed by atoms with Crippen molar-refractivity contribution in [3.63, 3.8) is 0 Å². The highest BCUT2D eigenvalue weighted by Crippen LogP contribution is 2.42. The fourth-order valence-electron chi connectivity index (χ4n) is 3.89. The lowest BCUT2D eigenvalue weighted by molar-refractivity contribution is -0.0197. The van der Waals surface area contributed by atoms with Gasteiger partial charge in [0.05, 0.1) is 12.1 Å². The first-order chi connectivity index (χ1) is 13.5. The Morgan fingerprint density at radius 1 is 1.32 bits per heavy atom. The zero-order valence-electron chi connectivity index (χ0n) is 17.7. The first kappa shape index (κ1) is 22.2. The van der Waals surface area contributed by atoms with Crippen LogP contribution in [-0.2, 0) is 4.74 Å². The fraction of sp³-hybridized carbons (Fsp3) is 0.500. The van der Waals surface area contributed by atoms with Crippen molar-refractivity contribution in [1.82, 2.24) is 5.32 Å². The van der Waals surface area contributed by atoms with E-state index in [9.17, 15) is 9.50 Å². The summed E-state index contributed by atoms with van der Waals surface area (Å²) in [6.07, 6.45) is 10.2. The summed E-state index contributed by atoms with van der Waals surface area (Å²) in [7, 11) is 0. The van der Waals surface area contributed by atoms with Crippen LogP contribution in [0.25, 0.3) is 0 Å². The van der Waals surface area contributed by atoms with E-state index in [1.165, 1.54) is 23.8 Å². The molecule has 2 aliphatic rings. The summed E-state index contributed by atoms with van der Waals surface area (Å²) >= 11 is 0. The lowest BCUT2D eigenvalue weighted by Gasteiger charge is -2.42. The zero-order valence-corrected chi connectivity index (χ0v) is 17.7. The molecule has 2 N–H and O–H groups in total. The molecule has 0 saturated carbocycles. The van der Waals surface area contributed by atoms with E-state index >= 15 is 0 Å². The Bertz CT molecular complexity index is 736. The van der Waals surface area contributed by atoms with E-state index in [2.05, 4.69) is 37.4 Å². The Hall–Kier alpha value is -2.07. The number of rotatable bonds is 4. The second kappa shape index (κ2) is 10.5. The maximum atomic E-state index is 13.7. The molecule has 1 aromatic rings. The van der Waals surface area contributed by atoms with Gasteiger partial charge in [0, 0.05) is 24.3 Å².